The molecule has 1 atom stereocenters. The van der Waals surface area contributed by atoms with E-state index in [2.05, 4.69) is 22.3 Å². The van der Waals surface area contributed by atoms with Crippen LogP contribution in [-0.2, 0) is 23.9 Å². The molecule has 1 N–H and O–H groups in total. The number of hydrogen-bond acceptors (Lipinski definition) is 4. The lowest BCUT2D eigenvalue weighted by atomic mass is 10.4. The van der Waals surface area contributed by atoms with Crippen LogP contribution in [0.2, 0.25) is 0 Å². The second-order valence-electron chi connectivity index (χ2n) is 3.51. The van der Waals surface area contributed by atoms with Gasteiger partial charge in [-0.3, -0.25) is 4.21 Å². The molecule has 0 aromatic carbocycles. The third kappa shape index (κ3) is 4.40. The van der Waals surface area contributed by atoms with Crippen LogP contribution in [0, 0.1) is 0 Å². The van der Waals surface area contributed by atoms with E-state index in [4.69, 9.17) is 0 Å². The Hall–Kier alpha value is -0.750. The van der Waals surface area contributed by atoms with Gasteiger partial charge in [0.05, 0.1) is 6.54 Å². The highest BCUT2D eigenvalue weighted by Crippen LogP contribution is 1.95. The Morgan fingerprint density at radius 3 is 3.00 bits per heavy atom. The van der Waals surface area contributed by atoms with Gasteiger partial charge in [-0.25, -0.2) is 9.67 Å². The van der Waals surface area contributed by atoms with Gasteiger partial charge in [-0.05, 0) is 6.42 Å². The smallest absolute Gasteiger partial charge is 0.140 e. The van der Waals surface area contributed by atoms with Crippen molar-refractivity contribution in [2.45, 2.75) is 33.4 Å². The molecule has 1 unspecified atom stereocenters. The summed E-state index contributed by atoms with van der Waals surface area (Å²) in [6.45, 7) is 6.41. The van der Waals surface area contributed by atoms with Crippen LogP contribution in [0.5, 0.6) is 0 Å². The van der Waals surface area contributed by atoms with Gasteiger partial charge in [0, 0.05) is 35.4 Å². The Balaban J connectivity index is 2.26. The highest BCUT2D eigenvalue weighted by molar-refractivity contribution is 7.84. The van der Waals surface area contributed by atoms with E-state index in [1.165, 1.54) is 0 Å². The molecule has 0 amide bonds. The SMILES string of the molecule is CCCn1ncnc1CNCCS(=O)CC. The number of rotatable bonds is 8. The second kappa shape index (κ2) is 7.51. The standard InChI is InChI=1S/C10H20N4OS/c1-3-6-14-10(12-9-13-14)8-11-5-7-16(15)4-2/h9,11H,3-8H2,1-2H3. The minimum absolute atomic E-state index is 0.689. The Labute approximate surface area is 99.1 Å². The molecule has 0 saturated heterocycles. The van der Waals surface area contributed by atoms with Crippen LogP contribution in [0.3, 0.4) is 0 Å². The normalized spacial score (nSPS) is 12.9. The molecule has 5 nitrogen and oxygen atoms in total. The molecule has 16 heavy (non-hydrogen) atoms. The van der Waals surface area contributed by atoms with Gasteiger partial charge in [0.2, 0.25) is 0 Å². The minimum atomic E-state index is -0.689. The summed E-state index contributed by atoms with van der Waals surface area (Å²) in [4.78, 5) is 4.19. The second-order valence-corrected chi connectivity index (χ2v) is 5.37. The molecular weight excluding hydrogens is 224 g/mol. The summed E-state index contributed by atoms with van der Waals surface area (Å²) in [5, 5.41) is 7.38. The van der Waals surface area contributed by atoms with Crippen molar-refractivity contribution in [2.75, 3.05) is 18.1 Å². The molecule has 92 valence electrons. The third-order valence-electron chi connectivity index (χ3n) is 2.24. The summed E-state index contributed by atoms with van der Waals surface area (Å²) < 4.78 is 13.1. The van der Waals surface area contributed by atoms with Crippen molar-refractivity contribution in [1.82, 2.24) is 20.1 Å². The molecule has 6 heteroatoms. The first-order valence-electron chi connectivity index (χ1n) is 5.70. The maximum absolute atomic E-state index is 11.2. The summed E-state index contributed by atoms with van der Waals surface area (Å²) in [7, 11) is -0.689. The van der Waals surface area contributed by atoms with Crippen molar-refractivity contribution in [3.05, 3.63) is 12.2 Å². The van der Waals surface area contributed by atoms with Crippen molar-refractivity contribution >= 4 is 10.8 Å². The number of aromatic nitrogens is 3. The Bertz CT molecular complexity index is 326. The van der Waals surface area contributed by atoms with E-state index in [0.717, 1.165) is 31.1 Å². The molecule has 0 fully saturated rings. The number of nitrogens with zero attached hydrogens (tertiary/aromatic N) is 3. The lowest BCUT2D eigenvalue weighted by molar-refractivity contribution is 0.547. The van der Waals surface area contributed by atoms with E-state index < -0.39 is 10.8 Å². The molecule has 1 heterocycles. The van der Waals surface area contributed by atoms with E-state index in [1.807, 2.05) is 11.6 Å². The lowest BCUT2D eigenvalue weighted by Crippen LogP contribution is -2.23. The largest absolute Gasteiger partial charge is 0.309 e. The quantitative estimate of drug-likeness (QED) is 0.678. The van der Waals surface area contributed by atoms with Crippen LogP contribution >= 0.6 is 0 Å². The van der Waals surface area contributed by atoms with Crippen molar-refractivity contribution in [2.24, 2.45) is 0 Å². The zero-order valence-electron chi connectivity index (χ0n) is 9.98. The van der Waals surface area contributed by atoms with Crippen LogP contribution in [0.4, 0.5) is 0 Å². The average Bonchev–Trinajstić information content (AvgIpc) is 2.72. The van der Waals surface area contributed by atoms with Gasteiger partial charge in [-0.15, -0.1) is 0 Å². The molecule has 0 bridgehead atoms. The fourth-order valence-electron chi connectivity index (χ4n) is 1.35. The Kier molecular flexibility index (Phi) is 6.25. The molecule has 1 aromatic heterocycles. The zero-order valence-corrected chi connectivity index (χ0v) is 10.8. The maximum Gasteiger partial charge on any atom is 0.140 e. The monoisotopic (exact) mass is 244 g/mol. The van der Waals surface area contributed by atoms with Gasteiger partial charge in [0.1, 0.15) is 12.2 Å². The van der Waals surface area contributed by atoms with Crippen LogP contribution in [0.1, 0.15) is 26.1 Å². The van der Waals surface area contributed by atoms with Gasteiger partial charge in [-0.1, -0.05) is 13.8 Å². The molecule has 0 aliphatic heterocycles. The summed E-state index contributed by atoms with van der Waals surface area (Å²) in [5.74, 6) is 2.38. The van der Waals surface area contributed by atoms with Crippen LogP contribution < -0.4 is 5.32 Å². The molecule has 1 rings (SSSR count). The van der Waals surface area contributed by atoms with E-state index >= 15 is 0 Å². The predicted molar refractivity (Wildman–Crippen MR) is 65.6 cm³/mol. The average molecular weight is 244 g/mol. The van der Waals surface area contributed by atoms with Crippen LogP contribution in [-0.4, -0.2) is 37.0 Å². The van der Waals surface area contributed by atoms with Crippen molar-refractivity contribution < 1.29 is 4.21 Å². The first-order chi connectivity index (χ1) is 7.77. The third-order valence-corrected chi connectivity index (χ3v) is 3.55. The van der Waals surface area contributed by atoms with Crippen molar-refractivity contribution in [3.63, 3.8) is 0 Å². The van der Waals surface area contributed by atoms with Gasteiger partial charge in [0.25, 0.3) is 0 Å². The molecule has 0 aliphatic rings. The zero-order chi connectivity index (χ0) is 11.8. The fourth-order valence-corrected chi connectivity index (χ4v) is 2.01. The Morgan fingerprint density at radius 2 is 2.31 bits per heavy atom. The predicted octanol–water partition coefficient (Wildman–Crippen LogP) is 0.546. The summed E-state index contributed by atoms with van der Waals surface area (Å²) >= 11 is 0. The first-order valence-corrected chi connectivity index (χ1v) is 7.19. The molecule has 0 aliphatic carbocycles. The van der Waals surface area contributed by atoms with Crippen molar-refractivity contribution in [3.8, 4) is 0 Å². The van der Waals surface area contributed by atoms with Crippen LogP contribution in [0.15, 0.2) is 6.33 Å². The summed E-state index contributed by atoms with van der Waals surface area (Å²) in [6, 6.07) is 0. The van der Waals surface area contributed by atoms with Gasteiger partial charge < -0.3 is 5.32 Å². The molecule has 0 radical (unpaired) electrons. The van der Waals surface area contributed by atoms with Gasteiger partial charge in [0.15, 0.2) is 0 Å². The molecule has 0 saturated carbocycles. The van der Waals surface area contributed by atoms with Crippen molar-refractivity contribution in [1.29, 1.82) is 0 Å². The fraction of sp³-hybridized carbons (Fsp3) is 0.800. The number of hydrogen-bond donors (Lipinski definition) is 1. The highest BCUT2D eigenvalue weighted by Gasteiger charge is 2.02. The highest BCUT2D eigenvalue weighted by atomic mass is 32.2. The first kappa shape index (κ1) is 13.3. The lowest BCUT2D eigenvalue weighted by Gasteiger charge is -2.05. The number of aryl methyl sites for hydroxylation is 1. The molecular formula is C10H20N4OS. The summed E-state index contributed by atoms with van der Waals surface area (Å²) in [5.41, 5.74) is 0. The van der Waals surface area contributed by atoms with Gasteiger partial charge in [-0.2, -0.15) is 5.10 Å². The van der Waals surface area contributed by atoms with Gasteiger partial charge >= 0.3 is 0 Å². The van der Waals surface area contributed by atoms with E-state index in [1.54, 1.807) is 6.33 Å². The van der Waals surface area contributed by atoms with E-state index in [9.17, 15) is 4.21 Å². The Morgan fingerprint density at radius 1 is 1.50 bits per heavy atom. The van der Waals surface area contributed by atoms with E-state index in [-0.39, 0.29) is 0 Å². The molecule has 0 spiro atoms. The molecule has 1 aromatic rings. The maximum atomic E-state index is 11.2. The van der Waals surface area contributed by atoms with Crippen LogP contribution in [0.25, 0.3) is 0 Å². The van der Waals surface area contributed by atoms with E-state index in [0.29, 0.717) is 12.3 Å². The summed E-state index contributed by atoms with van der Waals surface area (Å²) in [6.07, 6.45) is 2.63. The topological polar surface area (TPSA) is 59.8 Å². The number of nitrogens with one attached hydrogen (secondary N) is 1. The minimum Gasteiger partial charge on any atom is -0.309 e.